The molecule has 1 aliphatic carbocycles. The largest absolute Gasteiger partial charge is 0.482 e. The molecule has 0 saturated carbocycles. The van der Waals surface area contributed by atoms with Crippen LogP contribution in [0.5, 0.6) is 5.75 Å². The van der Waals surface area contributed by atoms with Gasteiger partial charge in [0.1, 0.15) is 12.4 Å². The second-order valence-electron chi connectivity index (χ2n) is 6.45. The van der Waals surface area contributed by atoms with Crippen LogP contribution in [0.3, 0.4) is 0 Å². The number of hydrogen-bond donors (Lipinski definition) is 0. The zero-order valence-electron chi connectivity index (χ0n) is 12.7. The van der Waals surface area contributed by atoms with Crippen molar-refractivity contribution in [2.75, 3.05) is 0 Å². The Kier molecular flexibility index (Phi) is 3.61. The van der Waals surface area contributed by atoms with E-state index in [2.05, 4.69) is 0 Å². The Morgan fingerprint density at radius 1 is 1.14 bits per heavy atom. The second kappa shape index (κ2) is 5.44. The number of carbonyl (C=O) groups is 1. The molecule has 0 bridgehead atoms. The van der Waals surface area contributed by atoms with Crippen LogP contribution < -0.4 is 10.4 Å². The summed E-state index contributed by atoms with van der Waals surface area (Å²) in [4.78, 5) is 24.2. The van der Waals surface area contributed by atoms with Crippen molar-refractivity contribution in [2.45, 2.75) is 33.3 Å². The van der Waals surface area contributed by atoms with Crippen LogP contribution in [0.1, 0.15) is 41.9 Å². The SMILES string of the molecule is CC1(C)CC(=O)c2cc(OCc3ccccc3)c(=O)oc2C1. The molecule has 3 rings (SSSR count). The van der Waals surface area contributed by atoms with Gasteiger partial charge < -0.3 is 9.15 Å². The van der Waals surface area contributed by atoms with Crippen LogP contribution >= 0.6 is 0 Å². The van der Waals surface area contributed by atoms with Gasteiger partial charge in [0.05, 0.1) is 5.56 Å². The number of rotatable bonds is 3. The summed E-state index contributed by atoms with van der Waals surface area (Å²) in [6.07, 6.45) is 1.04. The van der Waals surface area contributed by atoms with Crippen LogP contribution in [-0.4, -0.2) is 5.78 Å². The second-order valence-corrected chi connectivity index (χ2v) is 6.45. The van der Waals surface area contributed by atoms with Gasteiger partial charge in [0.25, 0.3) is 0 Å². The zero-order valence-corrected chi connectivity index (χ0v) is 12.7. The Labute approximate surface area is 128 Å². The molecule has 4 heteroatoms. The molecule has 0 amide bonds. The van der Waals surface area contributed by atoms with E-state index in [0.717, 1.165) is 5.56 Å². The third kappa shape index (κ3) is 2.96. The molecule has 0 N–H and O–H groups in total. The molecule has 1 heterocycles. The molecule has 0 radical (unpaired) electrons. The van der Waals surface area contributed by atoms with Gasteiger partial charge in [0, 0.05) is 18.9 Å². The molecule has 1 aliphatic rings. The molecule has 22 heavy (non-hydrogen) atoms. The maximum Gasteiger partial charge on any atom is 0.378 e. The lowest BCUT2D eigenvalue weighted by atomic mass is 9.76. The first-order valence-corrected chi connectivity index (χ1v) is 7.32. The number of Topliss-reactive ketones (excluding diaryl/α,β-unsaturated/α-hetero) is 1. The van der Waals surface area contributed by atoms with Gasteiger partial charge in [-0.2, -0.15) is 0 Å². The molecule has 2 aromatic rings. The molecule has 0 atom stereocenters. The van der Waals surface area contributed by atoms with Crippen molar-refractivity contribution in [3.8, 4) is 5.75 Å². The Morgan fingerprint density at radius 2 is 1.86 bits per heavy atom. The summed E-state index contributed by atoms with van der Waals surface area (Å²) in [5.74, 6) is 0.563. The van der Waals surface area contributed by atoms with Crippen molar-refractivity contribution in [3.63, 3.8) is 0 Å². The third-order valence-electron chi connectivity index (χ3n) is 3.81. The normalized spacial score (nSPS) is 16.2. The molecule has 4 nitrogen and oxygen atoms in total. The summed E-state index contributed by atoms with van der Waals surface area (Å²) in [5.41, 5.74) is 0.723. The maximum absolute atomic E-state index is 12.2. The number of carbonyl (C=O) groups excluding carboxylic acids is 1. The van der Waals surface area contributed by atoms with E-state index >= 15 is 0 Å². The number of ketones is 1. The summed E-state index contributed by atoms with van der Waals surface area (Å²) in [6.45, 7) is 4.26. The van der Waals surface area contributed by atoms with Crippen LogP contribution in [0.4, 0.5) is 0 Å². The molecule has 0 spiro atoms. The molecule has 1 aromatic heterocycles. The monoisotopic (exact) mass is 298 g/mol. The molecule has 0 fully saturated rings. The minimum Gasteiger partial charge on any atom is -0.482 e. The predicted octanol–water partition coefficient (Wildman–Crippen LogP) is 3.37. The topological polar surface area (TPSA) is 56.5 Å². The van der Waals surface area contributed by atoms with Crippen LogP contribution in [0.2, 0.25) is 0 Å². The van der Waals surface area contributed by atoms with E-state index in [-0.39, 0.29) is 23.6 Å². The molecular formula is C18H18O4. The fourth-order valence-electron chi connectivity index (χ4n) is 2.72. The standard InChI is InChI=1S/C18H18O4/c1-18(2)9-14(19)13-8-15(17(20)22-16(13)10-18)21-11-12-6-4-3-5-7-12/h3-8H,9-11H2,1-2H3. The summed E-state index contributed by atoms with van der Waals surface area (Å²) < 4.78 is 10.9. The Bertz CT molecular complexity index is 756. The summed E-state index contributed by atoms with van der Waals surface area (Å²) in [5, 5.41) is 0. The van der Waals surface area contributed by atoms with Crippen molar-refractivity contribution in [1.82, 2.24) is 0 Å². The average Bonchev–Trinajstić information content (AvgIpc) is 2.45. The fraction of sp³-hybridized carbons (Fsp3) is 0.333. The first-order valence-electron chi connectivity index (χ1n) is 7.32. The van der Waals surface area contributed by atoms with Crippen molar-refractivity contribution < 1.29 is 13.9 Å². The van der Waals surface area contributed by atoms with Crippen LogP contribution in [0, 0.1) is 5.41 Å². The number of ether oxygens (including phenoxy) is 1. The van der Waals surface area contributed by atoms with Gasteiger partial charge >= 0.3 is 5.63 Å². The highest BCUT2D eigenvalue weighted by Crippen LogP contribution is 2.35. The van der Waals surface area contributed by atoms with Crippen LogP contribution in [-0.2, 0) is 13.0 Å². The lowest BCUT2D eigenvalue weighted by Gasteiger charge is -2.28. The van der Waals surface area contributed by atoms with Gasteiger partial charge in [0.2, 0.25) is 5.75 Å². The minimum atomic E-state index is -0.528. The lowest BCUT2D eigenvalue weighted by molar-refractivity contribution is 0.0895. The number of hydrogen-bond acceptors (Lipinski definition) is 4. The smallest absolute Gasteiger partial charge is 0.378 e. The van der Waals surface area contributed by atoms with Gasteiger partial charge in [-0.1, -0.05) is 44.2 Å². The van der Waals surface area contributed by atoms with Crippen molar-refractivity contribution in [3.05, 3.63) is 63.7 Å². The molecular weight excluding hydrogens is 280 g/mol. The van der Waals surface area contributed by atoms with E-state index in [1.54, 1.807) is 0 Å². The van der Waals surface area contributed by atoms with Gasteiger partial charge in [0.15, 0.2) is 5.78 Å². The van der Waals surface area contributed by atoms with E-state index in [1.807, 2.05) is 44.2 Å². The minimum absolute atomic E-state index is 0.000406. The Hall–Kier alpha value is -2.36. The van der Waals surface area contributed by atoms with E-state index < -0.39 is 5.63 Å². The van der Waals surface area contributed by atoms with Crippen molar-refractivity contribution >= 4 is 5.78 Å². The van der Waals surface area contributed by atoms with E-state index in [4.69, 9.17) is 9.15 Å². The number of fused-ring (bicyclic) bond motifs is 1. The molecule has 0 unspecified atom stereocenters. The van der Waals surface area contributed by atoms with Gasteiger partial charge in [-0.05, 0) is 11.0 Å². The van der Waals surface area contributed by atoms with Crippen LogP contribution in [0.15, 0.2) is 45.6 Å². The Morgan fingerprint density at radius 3 is 2.59 bits per heavy atom. The van der Waals surface area contributed by atoms with E-state index in [9.17, 15) is 9.59 Å². The lowest BCUT2D eigenvalue weighted by Crippen LogP contribution is -2.28. The highest BCUT2D eigenvalue weighted by Gasteiger charge is 2.33. The van der Waals surface area contributed by atoms with Gasteiger partial charge in [-0.15, -0.1) is 0 Å². The molecule has 1 aromatic carbocycles. The summed E-state index contributed by atoms with van der Waals surface area (Å²) >= 11 is 0. The van der Waals surface area contributed by atoms with Gasteiger partial charge in [-0.3, -0.25) is 4.79 Å². The first-order chi connectivity index (χ1) is 10.4. The summed E-state index contributed by atoms with van der Waals surface area (Å²) in [7, 11) is 0. The Balaban J connectivity index is 1.87. The average molecular weight is 298 g/mol. The van der Waals surface area contributed by atoms with E-state index in [0.29, 0.717) is 24.2 Å². The predicted molar refractivity (Wildman–Crippen MR) is 82.2 cm³/mol. The quantitative estimate of drug-likeness (QED) is 0.871. The first kappa shape index (κ1) is 14.6. The van der Waals surface area contributed by atoms with Crippen molar-refractivity contribution in [2.24, 2.45) is 5.41 Å². The zero-order chi connectivity index (χ0) is 15.7. The molecule has 0 saturated heterocycles. The van der Waals surface area contributed by atoms with E-state index in [1.165, 1.54) is 6.07 Å². The summed E-state index contributed by atoms with van der Waals surface area (Å²) in [6, 6.07) is 11.1. The maximum atomic E-state index is 12.2. The van der Waals surface area contributed by atoms with Crippen LogP contribution in [0.25, 0.3) is 0 Å². The van der Waals surface area contributed by atoms with Crippen molar-refractivity contribution in [1.29, 1.82) is 0 Å². The molecule has 0 aliphatic heterocycles. The third-order valence-corrected chi connectivity index (χ3v) is 3.81. The molecule has 114 valence electrons. The number of benzene rings is 1. The fourth-order valence-corrected chi connectivity index (χ4v) is 2.72. The van der Waals surface area contributed by atoms with Gasteiger partial charge in [-0.25, -0.2) is 4.79 Å². The highest BCUT2D eigenvalue weighted by atomic mass is 16.5. The highest BCUT2D eigenvalue weighted by molar-refractivity contribution is 5.98.